The van der Waals surface area contributed by atoms with Crippen LogP contribution in [0.1, 0.15) is 76.6 Å². The van der Waals surface area contributed by atoms with Crippen LogP contribution in [0.2, 0.25) is 49.4 Å². The van der Waals surface area contributed by atoms with E-state index in [4.69, 9.17) is 8.85 Å². The van der Waals surface area contributed by atoms with Gasteiger partial charge in [-0.1, -0.05) is 103 Å². The predicted octanol–water partition coefficient (Wildman–Crippen LogP) is 9.50. The molecule has 2 aliphatic carbocycles. The molecule has 0 bridgehead atoms. The normalized spacial score (nSPS) is 24.8. The zero-order chi connectivity index (χ0) is 27.7. The molecule has 0 heterocycles. The van der Waals surface area contributed by atoms with Crippen molar-refractivity contribution in [1.82, 2.24) is 0 Å². The summed E-state index contributed by atoms with van der Waals surface area (Å²) in [5.74, 6) is 0. The Hall–Kier alpha value is -0.989. The zero-order valence-electron chi connectivity index (χ0n) is 25.8. The Morgan fingerprint density at radius 3 is 1.22 bits per heavy atom. The van der Waals surface area contributed by atoms with E-state index >= 15 is 0 Å². The predicted molar refractivity (Wildman–Crippen MR) is 167 cm³/mol. The molecule has 0 N–H and O–H groups in total. The monoisotopic (exact) mass is 552 g/mol. The van der Waals surface area contributed by atoms with Crippen LogP contribution in [-0.2, 0) is 32.1 Å². The van der Waals surface area contributed by atoms with Gasteiger partial charge in [-0.25, -0.2) is 0 Å². The molecule has 0 radical (unpaired) electrons. The van der Waals surface area contributed by atoms with Crippen molar-refractivity contribution in [2.75, 3.05) is 0 Å². The lowest BCUT2D eigenvalue weighted by atomic mass is 10.1. The van der Waals surface area contributed by atoms with Crippen molar-refractivity contribution in [3.05, 3.63) is 70.8 Å². The Balaban J connectivity index is 2.01. The largest absolute Gasteiger partial charge is 0.410 e. The van der Waals surface area contributed by atoms with Crippen LogP contribution in [-0.4, -0.2) is 24.7 Å². The van der Waals surface area contributed by atoms with E-state index in [1.54, 1.807) is 0 Å². The van der Waals surface area contributed by atoms with E-state index in [1.165, 1.54) is 22.3 Å². The lowest BCUT2D eigenvalue weighted by Crippen LogP contribution is -2.70. The minimum atomic E-state index is -2.39. The van der Waals surface area contributed by atoms with Crippen LogP contribution in [0.4, 0.5) is 0 Å². The molecule has 4 rings (SSSR count). The molecule has 204 valence electrons. The average Bonchev–Trinajstić information content (AvgIpc) is 3.33. The Morgan fingerprint density at radius 2 is 0.892 bits per heavy atom. The highest BCUT2D eigenvalue weighted by atomic mass is 28.4. The first-order chi connectivity index (χ1) is 16.8. The molecular formula is C32H52O2Si3. The molecule has 37 heavy (non-hydrogen) atoms. The summed E-state index contributed by atoms with van der Waals surface area (Å²) >= 11 is 0. The van der Waals surface area contributed by atoms with E-state index in [0.29, 0.717) is 0 Å². The van der Waals surface area contributed by atoms with Gasteiger partial charge in [-0.15, -0.1) is 0 Å². The van der Waals surface area contributed by atoms with Gasteiger partial charge in [-0.05, 0) is 84.2 Å². The second-order valence-electron chi connectivity index (χ2n) is 15.3. The maximum Gasteiger partial charge on any atom is 0.192 e. The summed E-state index contributed by atoms with van der Waals surface area (Å²) in [7, 11) is -6.59. The maximum atomic E-state index is 7.83. The van der Waals surface area contributed by atoms with E-state index in [-0.39, 0.29) is 20.5 Å². The maximum absolute atomic E-state index is 7.83. The summed E-state index contributed by atoms with van der Waals surface area (Å²) in [4.78, 5) is 0. The van der Waals surface area contributed by atoms with Gasteiger partial charge >= 0.3 is 0 Å². The van der Waals surface area contributed by atoms with Crippen molar-refractivity contribution >= 4 is 24.7 Å². The van der Waals surface area contributed by atoms with Crippen LogP contribution in [0.25, 0.3) is 0 Å². The second kappa shape index (κ2) is 9.02. The number of hydrogen-bond acceptors (Lipinski definition) is 2. The van der Waals surface area contributed by atoms with Crippen molar-refractivity contribution in [3.63, 3.8) is 0 Å². The Kier molecular flexibility index (Phi) is 7.07. The fourth-order valence-corrected chi connectivity index (χ4v) is 16.8. The molecule has 2 nitrogen and oxygen atoms in total. The summed E-state index contributed by atoms with van der Waals surface area (Å²) in [6.07, 6.45) is 4.34. The summed E-state index contributed by atoms with van der Waals surface area (Å²) < 4.78 is 15.7. The van der Waals surface area contributed by atoms with Crippen molar-refractivity contribution in [2.45, 2.75) is 127 Å². The highest BCUT2D eigenvalue weighted by molar-refractivity contribution is 6.85. The summed E-state index contributed by atoms with van der Waals surface area (Å²) in [6.45, 7) is 29.3. The van der Waals surface area contributed by atoms with E-state index in [0.717, 1.165) is 25.7 Å². The smallest absolute Gasteiger partial charge is 0.192 e. The van der Waals surface area contributed by atoms with Crippen LogP contribution in [0.3, 0.4) is 0 Å². The third-order valence-electron chi connectivity index (χ3n) is 10.9. The van der Waals surface area contributed by atoms with Gasteiger partial charge in [0, 0.05) is 0 Å². The van der Waals surface area contributed by atoms with E-state index < -0.39 is 24.7 Å². The van der Waals surface area contributed by atoms with Gasteiger partial charge in [0.25, 0.3) is 0 Å². The Bertz CT molecular complexity index is 1070. The molecular weight excluding hydrogens is 501 g/mol. The molecule has 2 aromatic rings. The molecule has 0 saturated heterocycles. The highest BCUT2D eigenvalue weighted by Gasteiger charge is 2.67. The minimum absolute atomic E-state index is 0.142. The molecule has 5 heteroatoms. The minimum Gasteiger partial charge on any atom is -0.410 e. The first kappa shape index (κ1) is 29.0. The molecule has 0 aromatic heterocycles. The second-order valence-corrected chi connectivity index (χ2v) is 29.6. The fourth-order valence-electron chi connectivity index (χ4n) is 6.42. The molecule has 2 aromatic carbocycles. The van der Waals surface area contributed by atoms with E-state index in [1.807, 2.05) is 0 Å². The van der Waals surface area contributed by atoms with Crippen molar-refractivity contribution in [1.29, 1.82) is 0 Å². The lowest BCUT2D eigenvalue weighted by molar-refractivity contribution is 0.0731. The van der Waals surface area contributed by atoms with Gasteiger partial charge in [-0.2, -0.15) is 0 Å². The Morgan fingerprint density at radius 1 is 0.568 bits per heavy atom. The quantitative estimate of drug-likeness (QED) is 0.332. The van der Waals surface area contributed by atoms with Gasteiger partial charge in [-0.3, -0.25) is 0 Å². The van der Waals surface area contributed by atoms with Crippen LogP contribution >= 0.6 is 0 Å². The first-order valence-electron chi connectivity index (χ1n) is 14.4. The van der Waals surface area contributed by atoms with Crippen LogP contribution < -0.4 is 0 Å². The van der Waals surface area contributed by atoms with Crippen molar-refractivity contribution < 1.29 is 8.85 Å². The van der Waals surface area contributed by atoms with Crippen LogP contribution in [0, 0.1) is 0 Å². The molecule has 0 saturated carbocycles. The number of hydrogen-bond donors (Lipinski definition) is 0. The van der Waals surface area contributed by atoms with Crippen LogP contribution in [0.5, 0.6) is 0 Å². The summed E-state index contributed by atoms with van der Waals surface area (Å²) in [6, 6.07) is 18.4. The SMILES string of the molecule is CC(C)(C)[Si](C)(C)OC1([Si](C)(C)C2(O[Si](C)(C)C(C)(C)C)CCc3ccccc32)CCc2ccccc21. The van der Waals surface area contributed by atoms with Gasteiger partial charge in [0.1, 0.15) is 8.07 Å². The number of aryl methyl sites for hydroxylation is 2. The topological polar surface area (TPSA) is 18.5 Å². The fraction of sp³-hybridized carbons (Fsp3) is 0.625. The zero-order valence-corrected chi connectivity index (χ0v) is 28.8. The molecule has 0 aliphatic heterocycles. The molecule has 2 aliphatic rings. The standard InChI is InChI=1S/C32H52O2Si3/c1-29(2,3)36(9,10)33-31(23-21-25-17-13-15-19-27(25)31)35(7,8)32(34-37(11,12)30(4,5)6)24-22-26-18-14-16-20-28(26)32/h13-20H,21-24H2,1-12H3. The number of rotatable bonds is 6. The molecule has 0 spiro atoms. The van der Waals surface area contributed by atoms with Crippen molar-refractivity contribution in [3.8, 4) is 0 Å². The molecule has 0 fully saturated rings. The first-order valence-corrected chi connectivity index (χ1v) is 23.2. The highest BCUT2D eigenvalue weighted by Crippen LogP contribution is 2.61. The third-order valence-corrected chi connectivity index (χ3v) is 25.5. The van der Waals surface area contributed by atoms with E-state index in [2.05, 4.69) is 129 Å². The van der Waals surface area contributed by atoms with Crippen molar-refractivity contribution in [2.24, 2.45) is 0 Å². The molecule has 2 unspecified atom stereocenters. The molecule has 0 amide bonds. The third kappa shape index (κ3) is 4.41. The van der Waals surface area contributed by atoms with E-state index in [9.17, 15) is 0 Å². The lowest BCUT2D eigenvalue weighted by Gasteiger charge is -2.59. The average molecular weight is 553 g/mol. The van der Waals surface area contributed by atoms with Gasteiger partial charge in [0.2, 0.25) is 0 Å². The van der Waals surface area contributed by atoms with Crippen LogP contribution in [0.15, 0.2) is 48.5 Å². The number of fused-ring (bicyclic) bond motifs is 2. The van der Waals surface area contributed by atoms with Gasteiger partial charge in [0.05, 0.1) is 10.4 Å². The summed E-state index contributed by atoms with van der Waals surface area (Å²) in [5.41, 5.74) is 5.88. The number of benzene rings is 2. The van der Waals surface area contributed by atoms with Gasteiger partial charge < -0.3 is 8.85 Å². The molecule has 2 atom stereocenters. The van der Waals surface area contributed by atoms with Gasteiger partial charge in [0.15, 0.2) is 16.6 Å². The summed E-state index contributed by atoms with van der Waals surface area (Å²) in [5, 5.41) is -0.259. The Labute approximate surface area is 230 Å².